The normalized spacial score (nSPS) is 16.6. The van der Waals surface area contributed by atoms with Crippen LogP contribution >= 0.6 is 0 Å². The van der Waals surface area contributed by atoms with Gasteiger partial charge < -0.3 is 25.4 Å². The van der Waals surface area contributed by atoms with E-state index in [0.717, 1.165) is 28.9 Å². The third kappa shape index (κ3) is 6.74. The van der Waals surface area contributed by atoms with Crippen molar-refractivity contribution in [3.8, 4) is 5.75 Å². The van der Waals surface area contributed by atoms with Crippen molar-refractivity contribution in [1.29, 1.82) is 0 Å². The van der Waals surface area contributed by atoms with Gasteiger partial charge in [0.05, 0.1) is 29.4 Å². The molecule has 2 amide bonds. The number of aliphatic imine (C=N–C) groups is 1. The van der Waals surface area contributed by atoms with Crippen molar-refractivity contribution in [2.75, 3.05) is 24.6 Å². The first-order valence-electron chi connectivity index (χ1n) is 14.0. The Bertz CT molecular complexity index is 1460. The van der Waals surface area contributed by atoms with Gasteiger partial charge in [-0.15, -0.1) is 0 Å². The predicted molar refractivity (Wildman–Crippen MR) is 160 cm³/mol. The van der Waals surface area contributed by atoms with Crippen LogP contribution in [0, 0.1) is 20.8 Å². The number of anilines is 1. The Labute approximate surface area is 241 Å². The molecule has 1 aliphatic carbocycles. The first kappa shape index (κ1) is 29.7. The number of carbonyl (C=O) groups is 3. The maximum absolute atomic E-state index is 13.4. The van der Waals surface area contributed by atoms with Gasteiger partial charge in [0.25, 0.3) is 5.91 Å². The van der Waals surface area contributed by atoms with Crippen LogP contribution in [0.15, 0.2) is 64.4 Å². The number of aliphatic hydroxyl groups is 1. The third-order valence-corrected chi connectivity index (χ3v) is 7.29. The molecule has 2 aliphatic rings. The lowest BCUT2D eigenvalue weighted by Gasteiger charge is -2.27. The van der Waals surface area contributed by atoms with Crippen LogP contribution in [0.5, 0.6) is 5.75 Å². The Balaban J connectivity index is 1.65. The van der Waals surface area contributed by atoms with E-state index in [1.807, 2.05) is 71.0 Å². The summed E-state index contributed by atoms with van der Waals surface area (Å²) in [6.45, 7) is 11.1. The minimum absolute atomic E-state index is 0.0340. The average molecular weight is 559 g/mol. The molecule has 0 fully saturated rings. The second-order valence-corrected chi connectivity index (χ2v) is 10.3. The molecule has 0 radical (unpaired) electrons. The molecule has 0 bridgehead atoms. The van der Waals surface area contributed by atoms with Crippen LogP contribution in [0.1, 0.15) is 49.8 Å². The smallest absolute Gasteiger partial charge is 0.265 e. The Morgan fingerprint density at radius 1 is 1.10 bits per heavy atom. The van der Waals surface area contributed by atoms with E-state index < -0.39 is 17.8 Å². The van der Waals surface area contributed by atoms with Gasteiger partial charge in [0, 0.05) is 30.8 Å². The fourth-order valence-corrected chi connectivity index (χ4v) is 5.01. The number of nitrogens with zero attached hydrogens (tertiary/aromatic N) is 2. The Kier molecular flexibility index (Phi) is 9.39. The molecular formula is C32H38N4O5. The molecule has 0 saturated heterocycles. The molecule has 216 valence electrons. The van der Waals surface area contributed by atoms with Crippen molar-refractivity contribution in [1.82, 2.24) is 10.6 Å². The number of aryl methyl sites for hydroxylation is 3. The highest BCUT2D eigenvalue weighted by Crippen LogP contribution is 2.30. The lowest BCUT2D eigenvalue weighted by atomic mass is 9.90. The first-order valence-corrected chi connectivity index (χ1v) is 14.0. The number of amides is 2. The van der Waals surface area contributed by atoms with Crippen LogP contribution in [0.4, 0.5) is 11.4 Å². The van der Waals surface area contributed by atoms with Gasteiger partial charge in [0.2, 0.25) is 11.7 Å². The van der Waals surface area contributed by atoms with Crippen LogP contribution < -0.4 is 20.3 Å². The van der Waals surface area contributed by atoms with Gasteiger partial charge in [0.15, 0.2) is 6.10 Å². The quantitative estimate of drug-likeness (QED) is 0.378. The highest BCUT2D eigenvalue weighted by Gasteiger charge is 2.33. The van der Waals surface area contributed by atoms with E-state index in [0.29, 0.717) is 42.1 Å². The summed E-state index contributed by atoms with van der Waals surface area (Å²) in [5.41, 5.74) is 5.94. The third-order valence-electron chi connectivity index (χ3n) is 7.29. The number of allylic oxidation sites excluding steroid dienone is 2. The number of ether oxygens (including phenoxy) is 1. The number of ketones is 1. The molecule has 2 aromatic rings. The first-order chi connectivity index (χ1) is 19.6. The minimum atomic E-state index is -0.822. The molecule has 1 aliphatic heterocycles. The van der Waals surface area contributed by atoms with Gasteiger partial charge >= 0.3 is 0 Å². The summed E-state index contributed by atoms with van der Waals surface area (Å²) in [5.74, 6) is -0.566. The van der Waals surface area contributed by atoms with E-state index in [-0.39, 0.29) is 30.3 Å². The number of hydrogen-bond acceptors (Lipinski definition) is 7. The number of Topliss-reactive ketones (excluding diaryl/α,β-unsaturated/α-hetero) is 1. The SMILES string of the molecule is CCC(Oc1ccc(C)cc1C)C(=O)NC1=CC(=Nc2ccc(N(CC)CCO)cc2C)C2=C(NC(=O)CC2)C1=O. The van der Waals surface area contributed by atoms with Gasteiger partial charge in [-0.1, -0.05) is 24.6 Å². The van der Waals surface area contributed by atoms with Crippen LogP contribution in [0.25, 0.3) is 0 Å². The summed E-state index contributed by atoms with van der Waals surface area (Å²) in [6, 6.07) is 11.6. The number of likely N-dealkylation sites (N-methyl/N-ethyl adjacent to an activating group) is 1. The zero-order valence-corrected chi connectivity index (χ0v) is 24.3. The van der Waals surface area contributed by atoms with Crippen molar-refractivity contribution in [2.45, 2.75) is 60.0 Å². The van der Waals surface area contributed by atoms with Crippen LogP contribution in [0.3, 0.4) is 0 Å². The number of aliphatic hydroxyl groups excluding tert-OH is 1. The summed E-state index contributed by atoms with van der Waals surface area (Å²) in [4.78, 5) is 45.9. The van der Waals surface area contributed by atoms with Gasteiger partial charge in [-0.25, -0.2) is 4.99 Å². The number of nitrogens with one attached hydrogen (secondary N) is 2. The zero-order valence-electron chi connectivity index (χ0n) is 24.3. The van der Waals surface area contributed by atoms with Crippen LogP contribution in [-0.2, 0) is 14.4 Å². The monoisotopic (exact) mass is 558 g/mol. The molecule has 9 nitrogen and oxygen atoms in total. The Hall–Kier alpha value is -4.24. The molecule has 0 aromatic heterocycles. The molecule has 1 heterocycles. The van der Waals surface area contributed by atoms with Crippen molar-refractivity contribution in [2.24, 2.45) is 4.99 Å². The predicted octanol–water partition coefficient (Wildman–Crippen LogP) is 4.11. The van der Waals surface area contributed by atoms with Crippen LogP contribution in [0.2, 0.25) is 0 Å². The van der Waals surface area contributed by atoms with Crippen molar-refractivity contribution < 1.29 is 24.2 Å². The van der Waals surface area contributed by atoms with Crippen molar-refractivity contribution in [3.05, 3.63) is 76.1 Å². The van der Waals surface area contributed by atoms with Crippen LogP contribution in [-0.4, -0.2) is 54.2 Å². The number of rotatable bonds is 10. The van der Waals surface area contributed by atoms with Gasteiger partial charge in [0.1, 0.15) is 5.75 Å². The summed E-state index contributed by atoms with van der Waals surface area (Å²) < 4.78 is 6.02. The van der Waals surface area contributed by atoms with E-state index in [1.165, 1.54) is 0 Å². The summed E-state index contributed by atoms with van der Waals surface area (Å²) in [6.07, 6.45) is 1.76. The standard InChI is InChI=1S/C32H38N4O5/c1-6-27(41-28-12-8-19(3)16-21(28)5)32(40)34-26-18-25(23-10-13-29(38)35-30(23)31(26)39)33-24-11-9-22(17-20(24)4)36(7-2)14-15-37/h8-9,11-12,16-18,27,37H,6-7,10,13-15H2,1-5H3,(H,34,40)(H,35,38). The maximum atomic E-state index is 13.4. The molecule has 1 unspecified atom stereocenters. The molecule has 9 heteroatoms. The topological polar surface area (TPSA) is 120 Å². The lowest BCUT2D eigenvalue weighted by molar-refractivity contribution is -0.128. The molecule has 41 heavy (non-hydrogen) atoms. The molecule has 2 aromatic carbocycles. The minimum Gasteiger partial charge on any atom is -0.480 e. The number of benzene rings is 2. The fraction of sp³-hybridized carbons (Fsp3) is 0.375. The molecule has 4 rings (SSSR count). The van der Waals surface area contributed by atoms with E-state index in [1.54, 1.807) is 6.08 Å². The Morgan fingerprint density at radius 2 is 1.88 bits per heavy atom. The van der Waals surface area contributed by atoms with Crippen molar-refractivity contribution >= 4 is 34.7 Å². The number of hydrogen-bond donors (Lipinski definition) is 3. The van der Waals surface area contributed by atoms with Gasteiger partial charge in [-0.05, 0) is 82.0 Å². The summed E-state index contributed by atoms with van der Waals surface area (Å²) >= 11 is 0. The van der Waals surface area contributed by atoms with Gasteiger partial charge in [-0.3, -0.25) is 14.4 Å². The van der Waals surface area contributed by atoms with E-state index >= 15 is 0 Å². The Morgan fingerprint density at radius 3 is 2.54 bits per heavy atom. The fourth-order valence-electron chi connectivity index (χ4n) is 5.01. The molecular weight excluding hydrogens is 520 g/mol. The lowest BCUT2D eigenvalue weighted by Crippen LogP contribution is -2.44. The molecule has 1 atom stereocenters. The largest absolute Gasteiger partial charge is 0.480 e. The van der Waals surface area contributed by atoms with E-state index in [4.69, 9.17) is 9.73 Å². The van der Waals surface area contributed by atoms with Gasteiger partial charge in [-0.2, -0.15) is 0 Å². The van der Waals surface area contributed by atoms with Crippen molar-refractivity contribution in [3.63, 3.8) is 0 Å². The number of carbonyl (C=O) groups excluding carboxylic acids is 3. The van der Waals surface area contributed by atoms with E-state index in [9.17, 15) is 19.5 Å². The molecule has 0 spiro atoms. The zero-order chi connectivity index (χ0) is 29.7. The maximum Gasteiger partial charge on any atom is 0.265 e. The molecule has 3 N–H and O–H groups in total. The average Bonchev–Trinajstić information content (AvgIpc) is 2.94. The second kappa shape index (κ2) is 13.0. The highest BCUT2D eigenvalue weighted by atomic mass is 16.5. The second-order valence-electron chi connectivity index (χ2n) is 10.3. The van der Waals surface area contributed by atoms with E-state index in [2.05, 4.69) is 15.5 Å². The summed E-state index contributed by atoms with van der Waals surface area (Å²) in [7, 11) is 0. The molecule has 0 saturated carbocycles. The highest BCUT2D eigenvalue weighted by molar-refractivity contribution is 6.26. The summed E-state index contributed by atoms with van der Waals surface area (Å²) in [5, 5.41) is 14.8.